The van der Waals surface area contributed by atoms with Crippen molar-refractivity contribution in [3.8, 4) is 0 Å². The van der Waals surface area contributed by atoms with Crippen molar-refractivity contribution in [1.82, 2.24) is 0 Å². The van der Waals surface area contributed by atoms with E-state index in [-0.39, 0.29) is 0 Å². The van der Waals surface area contributed by atoms with Gasteiger partial charge in [-0.2, -0.15) is 0 Å². The highest BCUT2D eigenvalue weighted by atomic mass is 31.2. The van der Waals surface area contributed by atoms with Gasteiger partial charge in [0.15, 0.2) is 0 Å². The van der Waals surface area contributed by atoms with E-state index in [2.05, 4.69) is 20.8 Å². The first kappa shape index (κ1) is 14.4. The summed E-state index contributed by atoms with van der Waals surface area (Å²) in [5.41, 5.74) is 0. The SMILES string of the molecule is CCC[P+](CCC)(CCC)CCCO. The molecule has 0 aliphatic rings. The third-order valence-corrected chi connectivity index (χ3v) is 8.34. The highest BCUT2D eigenvalue weighted by molar-refractivity contribution is 7.75. The summed E-state index contributed by atoms with van der Waals surface area (Å²) in [6.45, 7) is 7.30. The molecule has 0 bridgehead atoms. The Balaban J connectivity index is 4.21. The van der Waals surface area contributed by atoms with E-state index in [1.165, 1.54) is 43.9 Å². The molecule has 0 spiro atoms. The van der Waals surface area contributed by atoms with Crippen LogP contribution in [0, 0.1) is 0 Å². The van der Waals surface area contributed by atoms with E-state index in [1.807, 2.05) is 0 Å². The van der Waals surface area contributed by atoms with Crippen molar-refractivity contribution in [2.24, 2.45) is 0 Å². The fourth-order valence-corrected chi connectivity index (χ4v) is 7.50. The molecule has 0 saturated carbocycles. The summed E-state index contributed by atoms with van der Waals surface area (Å²) >= 11 is 0. The van der Waals surface area contributed by atoms with Crippen LogP contribution in [0.25, 0.3) is 0 Å². The maximum atomic E-state index is 8.95. The first-order valence-electron chi connectivity index (χ1n) is 6.20. The maximum absolute atomic E-state index is 8.95. The van der Waals surface area contributed by atoms with Crippen LogP contribution in [0.2, 0.25) is 0 Å². The topological polar surface area (TPSA) is 20.2 Å². The minimum Gasteiger partial charge on any atom is -0.396 e. The van der Waals surface area contributed by atoms with Crippen LogP contribution in [-0.2, 0) is 0 Å². The minimum atomic E-state index is -0.673. The Morgan fingerprint density at radius 2 is 1.21 bits per heavy atom. The van der Waals surface area contributed by atoms with E-state index in [0.717, 1.165) is 6.42 Å². The van der Waals surface area contributed by atoms with Gasteiger partial charge in [0.1, 0.15) is 0 Å². The molecule has 0 saturated heterocycles. The van der Waals surface area contributed by atoms with Gasteiger partial charge in [0.05, 0.1) is 24.6 Å². The van der Waals surface area contributed by atoms with Crippen molar-refractivity contribution >= 4 is 7.26 Å². The van der Waals surface area contributed by atoms with Crippen LogP contribution in [0.5, 0.6) is 0 Å². The second-order valence-corrected chi connectivity index (χ2v) is 8.79. The summed E-state index contributed by atoms with van der Waals surface area (Å²) in [7, 11) is -0.673. The third kappa shape index (κ3) is 5.32. The molecule has 1 N–H and O–H groups in total. The van der Waals surface area contributed by atoms with Gasteiger partial charge in [-0.25, -0.2) is 0 Å². The summed E-state index contributed by atoms with van der Waals surface area (Å²) in [5.74, 6) is 0. The maximum Gasteiger partial charge on any atom is 0.0616 e. The number of hydrogen-bond acceptors (Lipinski definition) is 1. The number of hydrogen-bond donors (Lipinski definition) is 1. The van der Waals surface area contributed by atoms with Gasteiger partial charge in [-0.3, -0.25) is 0 Å². The number of aliphatic hydroxyl groups is 1. The summed E-state index contributed by atoms with van der Waals surface area (Å²) in [6.07, 6.45) is 10.7. The lowest BCUT2D eigenvalue weighted by molar-refractivity contribution is 0.295. The third-order valence-electron chi connectivity index (χ3n) is 2.88. The molecular weight excluding hydrogens is 191 g/mol. The van der Waals surface area contributed by atoms with Gasteiger partial charge >= 0.3 is 0 Å². The van der Waals surface area contributed by atoms with Crippen LogP contribution in [-0.4, -0.2) is 36.4 Å². The van der Waals surface area contributed by atoms with Gasteiger partial charge in [0.25, 0.3) is 0 Å². The van der Waals surface area contributed by atoms with Crippen molar-refractivity contribution in [1.29, 1.82) is 0 Å². The average Bonchev–Trinajstić information content (AvgIpc) is 2.16. The molecule has 0 aliphatic heterocycles. The van der Waals surface area contributed by atoms with E-state index in [9.17, 15) is 0 Å². The fourth-order valence-electron chi connectivity index (χ4n) is 2.50. The lowest BCUT2D eigenvalue weighted by Gasteiger charge is -2.26. The van der Waals surface area contributed by atoms with Gasteiger partial charge < -0.3 is 5.11 Å². The second kappa shape index (κ2) is 8.68. The Kier molecular flexibility index (Phi) is 8.92. The summed E-state index contributed by atoms with van der Waals surface area (Å²) in [5, 5.41) is 8.95. The van der Waals surface area contributed by atoms with Gasteiger partial charge in [0.2, 0.25) is 0 Å². The Morgan fingerprint density at radius 1 is 0.786 bits per heavy atom. The van der Waals surface area contributed by atoms with Crippen LogP contribution >= 0.6 is 7.26 Å². The van der Waals surface area contributed by atoms with Crippen molar-refractivity contribution < 1.29 is 5.11 Å². The highest BCUT2D eigenvalue weighted by Gasteiger charge is 2.33. The predicted molar refractivity (Wildman–Crippen MR) is 69.0 cm³/mol. The second-order valence-electron chi connectivity index (χ2n) is 4.31. The highest BCUT2D eigenvalue weighted by Crippen LogP contribution is 2.60. The molecular formula is C12H28OP+. The van der Waals surface area contributed by atoms with Gasteiger partial charge in [-0.1, -0.05) is 20.8 Å². The smallest absolute Gasteiger partial charge is 0.0616 e. The fraction of sp³-hybridized carbons (Fsp3) is 1.00. The lowest BCUT2D eigenvalue weighted by atomic mass is 10.5. The molecule has 0 aromatic rings. The van der Waals surface area contributed by atoms with Gasteiger partial charge in [-0.05, 0) is 19.3 Å². The zero-order valence-corrected chi connectivity index (χ0v) is 11.2. The molecule has 14 heavy (non-hydrogen) atoms. The van der Waals surface area contributed by atoms with Gasteiger partial charge in [0, 0.05) is 20.3 Å². The molecule has 0 atom stereocenters. The van der Waals surface area contributed by atoms with Crippen molar-refractivity contribution in [2.75, 3.05) is 31.3 Å². The van der Waals surface area contributed by atoms with Crippen molar-refractivity contribution in [3.63, 3.8) is 0 Å². The molecule has 0 unspecified atom stereocenters. The largest absolute Gasteiger partial charge is 0.396 e. The summed E-state index contributed by atoms with van der Waals surface area (Å²) in [6, 6.07) is 0. The van der Waals surface area contributed by atoms with Crippen LogP contribution in [0.1, 0.15) is 46.5 Å². The standard InChI is InChI=1S/C12H28OP/c1-4-9-14(10-5-2,11-6-3)12-7-8-13/h13H,4-12H2,1-3H3/q+1. The predicted octanol–water partition coefficient (Wildman–Crippen LogP) is 3.62. The molecule has 0 aromatic carbocycles. The quantitative estimate of drug-likeness (QED) is 0.587. The Morgan fingerprint density at radius 3 is 1.50 bits per heavy atom. The van der Waals surface area contributed by atoms with E-state index in [1.54, 1.807) is 0 Å². The Hall–Kier alpha value is 0.390. The zero-order valence-electron chi connectivity index (χ0n) is 10.3. The molecule has 0 radical (unpaired) electrons. The van der Waals surface area contributed by atoms with Crippen LogP contribution < -0.4 is 0 Å². The summed E-state index contributed by atoms with van der Waals surface area (Å²) in [4.78, 5) is 0. The molecule has 0 aliphatic carbocycles. The first-order chi connectivity index (χ1) is 6.74. The number of rotatable bonds is 9. The lowest BCUT2D eigenvalue weighted by Crippen LogP contribution is -2.12. The van der Waals surface area contributed by atoms with Crippen LogP contribution in [0.3, 0.4) is 0 Å². The van der Waals surface area contributed by atoms with E-state index in [4.69, 9.17) is 5.11 Å². The molecule has 0 amide bonds. The molecule has 0 rings (SSSR count). The monoisotopic (exact) mass is 219 g/mol. The zero-order chi connectivity index (χ0) is 10.9. The number of aliphatic hydroxyl groups excluding tert-OH is 1. The first-order valence-corrected chi connectivity index (χ1v) is 8.73. The average molecular weight is 219 g/mol. The van der Waals surface area contributed by atoms with Crippen LogP contribution in [0.15, 0.2) is 0 Å². The Bertz CT molecular complexity index is 108. The molecule has 0 fully saturated rings. The Labute approximate surface area is 90.6 Å². The van der Waals surface area contributed by atoms with E-state index < -0.39 is 7.26 Å². The van der Waals surface area contributed by atoms with E-state index >= 15 is 0 Å². The molecule has 0 heterocycles. The van der Waals surface area contributed by atoms with E-state index in [0.29, 0.717) is 6.61 Å². The van der Waals surface area contributed by atoms with Crippen LogP contribution in [0.4, 0.5) is 0 Å². The minimum absolute atomic E-state index is 0.388. The summed E-state index contributed by atoms with van der Waals surface area (Å²) < 4.78 is 0. The van der Waals surface area contributed by atoms with Gasteiger partial charge in [-0.15, -0.1) is 0 Å². The molecule has 2 heteroatoms. The van der Waals surface area contributed by atoms with Crippen molar-refractivity contribution in [3.05, 3.63) is 0 Å². The molecule has 0 aromatic heterocycles. The van der Waals surface area contributed by atoms with Crippen molar-refractivity contribution in [2.45, 2.75) is 46.5 Å². The molecule has 86 valence electrons. The normalized spacial score (nSPS) is 12.0. The molecule has 1 nitrogen and oxygen atoms in total.